The van der Waals surface area contributed by atoms with Crippen LogP contribution in [0.4, 0.5) is 0 Å². The van der Waals surface area contributed by atoms with Crippen LogP contribution in [0.2, 0.25) is 5.02 Å². The van der Waals surface area contributed by atoms with Gasteiger partial charge in [-0.3, -0.25) is 9.78 Å². The molecule has 136 valence electrons. The minimum absolute atomic E-state index is 0.341. The number of hydrazone groups is 1. The van der Waals surface area contributed by atoms with Gasteiger partial charge in [-0.2, -0.15) is 5.10 Å². The average Bonchev–Trinajstić information content (AvgIpc) is 2.75. The van der Waals surface area contributed by atoms with Gasteiger partial charge < -0.3 is 0 Å². The van der Waals surface area contributed by atoms with Gasteiger partial charge in [0.25, 0.3) is 5.91 Å². The molecule has 0 saturated carbocycles. The number of hydrogen-bond donors (Lipinski definition) is 1. The Morgan fingerprint density at radius 1 is 1.04 bits per heavy atom. The molecule has 1 amide bonds. The number of pyridine rings is 2. The zero-order chi connectivity index (χ0) is 19.3. The third-order valence-electron chi connectivity index (χ3n) is 4.17. The van der Waals surface area contributed by atoms with Gasteiger partial charge in [0, 0.05) is 28.9 Å². The van der Waals surface area contributed by atoms with Crippen molar-refractivity contribution in [1.82, 2.24) is 15.4 Å². The molecular weight excluding hydrogens is 372 g/mol. The molecule has 4 rings (SSSR count). The number of fused-ring (bicyclic) bond motifs is 1. The van der Waals surface area contributed by atoms with E-state index in [-0.39, 0.29) is 5.91 Å². The number of rotatable bonds is 4. The van der Waals surface area contributed by atoms with Crippen molar-refractivity contribution in [1.29, 1.82) is 0 Å². The largest absolute Gasteiger partial charge is 0.272 e. The Hall–Kier alpha value is -3.57. The topological polar surface area (TPSA) is 67.2 Å². The van der Waals surface area contributed by atoms with E-state index in [9.17, 15) is 4.79 Å². The number of para-hydroxylation sites is 1. The Morgan fingerprint density at radius 2 is 1.89 bits per heavy atom. The third-order valence-corrected chi connectivity index (χ3v) is 4.47. The molecule has 2 aromatic heterocycles. The van der Waals surface area contributed by atoms with E-state index in [1.54, 1.807) is 42.9 Å². The molecule has 2 aromatic carbocycles. The maximum atomic E-state index is 12.8. The monoisotopic (exact) mass is 386 g/mol. The Kier molecular flexibility index (Phi) is 5.08. The van der Waals surface area contributed by atoms with Crippen molar-refractivity contribution in [2.75, 3.05) is 0 Å². The highest BCUT2D eigenvalue weighted by atomic mass is 35.5. The van der Waals surface area contributed by atoms with Crippen molar-refractivity contribution in [2.45, 2.75) is 0 Å². The van der Waals surface area contributed by atoms with E-state index >= 15 is 0 Å². The summed E-state index contributed by atoms with van der Waals surface area (Å²) in [4.78, 5) is 21.5. The minimum atomic E-state index is -0.341. The van der Waals surface area contributed by atoms with Crippen molar-refractivity contribution in [2.24, 2.45) is 5.10 Å². The first-order chi connectivity index (χ1) is 13.7. The zero-order valence-electron chi connectivity index (χ0n) is 14.7. The van der Waals surface area contributed by atoms with Gasteiger partial charge in [0.1, 0.15) is 0 Å². The standard InChI is InChI=1S/C22H15ClN4O/c23-19-10-4-9-17-18(22(28)27-25-14-15-6-5-11-24-13-15)12-20(26-21(17)19)16-7-2-1-3-8-16/h1-14H,(H,27,28)/b25-14+. The Balaban J connectivity index is 1.73. The summed E-state index contributed by atoms with van der Waals surface area (Å²) in [5.41, 5.74) is 5.96. The second-order valence-corrected chi connectivity index (χ2v) is 6.45. The summed E-state index contributed by atoms with van der Waals surface area (Å²) >= 11 is 6.35. The van der Waals surface area contributed by atoms with Crippen LogP contribution in [-0.2, 0) is 0 Å². The van der Waals surface area contributed by atoms with E-state index in [0.717, 1.165) is 11.1 Å². The average molecular weight is 387 g/mol. The number of carbonyl (C=O) groups is 1. The summed E-state index contributed by atoms with van der Waals surface area (Å²) in [7, 11) is 0. The molecule has 0 aliphatic rings. The van der Waals surface area contributed by atoms with Crippen molar-refractivity contribution in [3.8, 4) is 11.3 Å². The molecule has 2 heterocycles. The SMILES string of the molecule is O=C(N/N=C/c1cccnc1)c1cc(-c2ccccc2)nc2c(Cl)cccc12. The lowest BCUT2D eigenvalue weighted by atomic mass is 10.0. The highest BCUT2D eigenvalue weighted by Gasteiger charge is 2.15. The van der Waals surface area contributed by atoms with E-state index in [4.69, 9.17) is 11.6 Å². The fourth-order valence-corrected chi connectivity index (χ4v) is 3.05. The van der Waals surface area contributed by atoms with Crippen molar-refractivity contribution < 1.29 is 4.79 Å². The zero-order valence-corrected chi connectivity index (χ0v) is 15.5. The van der Waals surface area contributed by atoms with E-state index in [0.29, 0.717) is 27.2 Å². The number of hydrogen-bond acceptors (Lipinski definition) is 4. The smallest absolute Gasteiger partial charge is 0.267 e. The predicted octanol–water partition coefficient (Wildman–Crippen LogP) is 4.71. The molecule has 1 N–H and O–H groups in total. The lowest BCUT2D eigenvalue weighted by Crippen LogP contribution is -2.18. The van der Waals surface area contributed by atoms with Crippen LogP contribution >= 0.6 is 11.6 Å². The Morgan fingerprint density at radius 3 is 2.68 bits per heavy atom. The van der Waals surface area contributed by atoms with Gasteiger partial charge in [-0.1, -0.05) is 60.1 Å². The summed E-state index contributed by atoms with van der Waals surface area (Å²) < 4.78 is 0. The van der Waals surface area contributed by atoms with Crippen LogP contribution in [0.3, 0.4) is 0 Å². The number of nitrogens with one attached hydrogen (secondary N) is 1. The van der Waals surface area contributed by atoms with Crippen molar-refractivity contribution in [3.05, 3.63) is 95.3 Å². The van der Waals surface area contributed by atoms with Gasteiger partial charge in [0.2, 0.25) is 0 Å². The summed E-state index contributed by atoms with van der Waals surface area (Å²) in [5, 5.41) is 5.19. The minimum Gasteiger partial charge on any atom is -0.267 e. The fraction of sp³-hybridized carbons (Fsp3) is 0. The molecule has 0 atom stereocenters. The second-order valence-electron chi connectivity index (χ2n) is 6.04. The van der Waals surface area contributed by atoms with Crippen LogP contribution in [0.25, 0.3) is 22.2 Å². The predicted molar refractivity (Wildman–Crippen MR) is 111 cm³/mol. The van der Waals surface area contributed by atoms with Crippen LogP contribution in [0.5, 0.6) is 0 Å². The maximum absolute atomic E-state index is 12.8. The molecule has 0 unspecified atom stereocenters. The van der Waals surface area contributed by atoms with Crippen LogP contribution in [0, 0.1) is 0 Å². The van der Waals surface area contributed by atoms with Crippen molar-refractivity contribution >= 4 is 34.6 Å². The molecule has 28 heavy (non-hydrogen) atoms. The normalized spacial score (nSPS) is 11.0. The number of aromatic nitrogens is 2. The molecule has 6 heteroatoms. The Labute approximate surface area is 166 Å². The first-order valence-electron chi connectivity index (χ1n) is 8.60. The molecule has 0 aliphatic heterocycles. The highest BCUT2D eigenvalue weighted by Crippen LogP contribution is 2.29. The second kappa shape index (κ2) is 7.98. The van der Waals surface area contributed by atoms with Gasteiger partial charge in [-0.05, 0) is 18.2 Å². The van der Waals surface area contributed by atoms with Crippen LogP contribution < -0.4 is 5.43 Å². The molecular formula is C22H15ClN4O. The van der Waals surface area contributed by atoms with E-state index < -0.39 is 0 Å². The number of halogens is 1. The molecule has 0 aliphatic carbocycles. The number of nitrogens with zero attached hydrogens (tertiary/aromatic N) is 3. The summed E-state index contributed by atoms with van der Waals surface area (Å²) in [6.45, 7) is 0. The molecule has 4 aromatic rings. The Bertz CT molecular complexity index is 1160. The summed E-state index contributed by atoms with van der Waals surface area (Å²) in [5.74, 6) is -0.341. The molecule has 5 nitrogen and oxygen atoms in total. The summed E-state index contributed by atoms with van der Waals surface area (Å²) in [6.07, 6.45) is 4.87. The molecule has 0 radical (unpaired) electrons. The van der Waals surface area contributed by atoms with Crippen molar-refractivity contribution in [3.63, 3.8) is 0 Å². The van der Waals surface area contributed by atoms with E-state index in [1.165, 1.54) is 0 Å². The first kappa shape index (κ1) is 17.8. The molecule has 0 bridgehead atoms. The van der Waals surface area contributed by atoms with Gasteiger partial charge >= 0.3 is 0 Å². The molecule has 0 fully saturated rings. The summed E-state index contributed by atoms with van der Waals surface area (Å²) in [6, 6.07) is 20.4. The highest BCUT2D eigenvalue weighted by molar-refractivity contribution is 6.35. The van der Waals surface area contributed by atoms with Crippen LogP contribution in [0.15, 0.2) is 84.2 Å². The van der Waals surface area contributed by atoms with E-state index in [2.05, 4.69) is 20.5 Å². The van der Waals surface area contributed by atoms with Gasteiger partial charge in [-0.15, -0.1) is 0 Å². The van der Waals surface area contributed by atoms with Gasteiger partial charge in [0.05, 0.1) is 28.0 Å². The third kappa shape index (κ3) is 3.75. The number of amides is 1. The quantitative estimate of drug-likeness (QED) is 0.408. The number of benzene rings is 2. The van der Waals surface area contributed by atoms with Gasteiger partial charge in [0.15, 0.2) is 0 Å². The van der Waals surface area contributed by atoms with E-state index in [1.807, 2.05) is 42.5 Å². The fourth-order valence-electron chi connectivity index (χ4n) is 2.84. The molecule has 0 spiro atoms. The van der Waals surface area contributed by atoms with Gasteiger partial charge in [-0.25, -0.2) is 10.4 Å². The van der Waals surface area contributed by atoms with Crippen LogP contribution in [-0.4, -0.2) is 22.1 Å². The lowest BCUT2D eigenvalue weighted by molar-refractivity contribution is 0.0957. The first-order valence-corrected chi connectivity index (χ1v) is 8.98. The number of carbonyl (C=O) groups excluding carboxylic acids is 1. The lowest BCUT2D eigenvalue weighted by Gasteiger charge is -2.10. The van der Waals surface area contributed by atoms with Crippen LogP contribution in [0.1, 0.15) is 15.9 Å². The maximum Gasteiger partial charge on any atom is 0.272 e. The molecule has 0 saturated heterocycles.